The summed E-state index contributed by atoms with van der Waals surface area (Å²) in [6.45, 7) is 5.10. The fourth-order valence-electron chi connectivity index (χ4n) is 4.05. The molecule has 5 nitrogen and oxygen atoms in total. The minimum atomic E-state index is -0.680. The van der Waals surface area contributed by atoms with E-state index < -0.39 is 17.8 Å². The number of likely N-dealkylation sites (tertiary alicyclic amines) is 1. The van der Waals surface area contributed by atoms with Gasteiger partial charge < -0.3 is 15.3 Å². The number of nitrogens with zero attached hydrogens (tertiary/aromatic N) is 1. The maximum absolute atomic E-state index is 13.9. The number of phenols is 1. The monoisotopic (exact) mass is 426 g/mol. The normalized spacial score (nSPS) is 15.7. The van der Waals surface area contributed by atoms with Crippen LogP contribution >= 0.6 is 0 Å². The molecule has 1 heterocycles. The topological polar surface area (TPSA) is 69.6 Å². The molecule has 0 aliphatic carbocycles. The van der Waals surface area contributed by atoms with Gasteiger partial charge in [0.1, 0.15) is 17.6 Å². The number of benzene rings is 2. The van der Waals surface area contributed by atoms with Gasteiger partial charge in [-0.1, -0.05) is 38.1 Å². The van der Waals surface area contributed by atoms with Crippen LogP contribution in [-0.4, -0.2) is 41.0 Å². The van der Waals surface area contributed by atoms with E-state index in [0.29, 0.717) is 19.0 Å². The molecule has 2 amide bonds. The highest BCUT2D eigenvalue weighted by atomic mass is 19.1. The number of carbonyl (C=O) groups is 2. The van der Waals surface area contributed by atoms with Crippen LogP contribution in [0.4, 0.5) is 4.39 Å². The zero-order chi connectivity index (χ0) is 22.4. The van der Waals surface area contributed by atoms with Crippen LogP contribution in [0.15, 0.2) is 48.5 Å². The highest BCUT2D eigenvalue weighted by molar-refractivity contribution is 5.97. The van der Waals surface area contributed by atoms with Crippen molar-refractivity contribution in [1.82, 2.24) is 10.2 Å². The van der Waals surface area contributed by atoms with Crippen LogP contribution in [0.1, 0.15) is 49.0 Å². The van der Waals surface area contributed by atoms with Crippen molar-refractivity contribution in [2.45, 2.75) is 45.6 Å². The average Bonchev–Trinajstić information content (AvgIpc) is 2.77. The second-order valence-corrected chi connectivity index (χ2v) is 8.65. The van der Waals surface area contributed by atoms with Crippen LogP contribution in [0.3, 0.4) is 0 Å². The number of carbonyl (C=O) groups excluding carboxylic acids is 2. The fourth-order valence-corrected chi connectivity index (χ4v) is 4.05. The molecule has 3 rings (SSSR count). The lowest BCUT2D eigenvalue weighted by Crippen LogP contribution is -2.53. The first-order chi connectivity index (χ1) is 14.8. The summed E-state index contributed by atoms with van der Waals surface area (Å²) in [6, 6.07) is 12.4. The Kier molecular flexibility index (Phi) is 7.66. The van der Waals surface area contributed by atoms with Crippen molar-refractivity contribution >= 4 is 11.8 Å². The van der Waals surface area contributed by atoms with Crippen LogP contribution < -0.4 is 5.32 Å². The number of amides is 2. The Morgan fingerprint density at radius 3 is 2.35 bits per heavy atom. The lowest BCUT2D eigenvalue weighted by Gasteiger charge is -2.35. The molecule has 1 aliphatic rings. The SMILES string of the molecule is CC(C)[C@H](NC(=O)c1ccccc1F)C(=O)N1CCC(CCc2ccc(O)cc2)CC1. The van der Waals surface area contributed by atoms with E-state index in [1.165, 1.54) is 23.8 Å². The Hall–Kier alpha value is -2.89. The van der Waals surface area contributed by atoms with Gasteiger partial charge in [-0.25, -0.2) is 4.39 Å². The third-order valence-electron chi connectivity index (χ3n) is 6.04. The quantitative estimate of drug-likeness (QED) is 0.699. The van der Waals surface area contributed by atoms with Gasteiger partial charge in [0.15, 0.2) is 0 Å². The van der Waals surface area contributed by atoms with Crippen molar-refractivity contribution < 1.29 is 19.1 Å². The zero-order valence-corrected chi connectivity index (χ0v) is 18.2. The molecule has 2 aromatic carbocycles. The van der Waals surface area contributed by atoms with Crippen LogP contribution in [0.5, 0.6) is 5.75 Å². The van der Waals surface area contributed by atoms with Gasteiger partial charge in [-0.15, -0.1) is 0 Å². The van der Waals surface area contributed by atoms with Gasteiger partial charge in [0, 0.05) is 13.1 Å². The zero-order valence-electron chi connectivity index (χ0n) is 18.2. The number of halogens is 1. The van der Waals surface area contributed by atoms with Crippen molar-refractivity contribution in [2.24, 2.45) is 11.8 Å². The summed E-state index contributed by atoms with van der Waals surface area (Å²) >= 11 is 0. The highest BCUT2D eigenvalue weighted by Gasteiger charge is 2.31. The van der Waals surface area contributed by atoms with E-state index in [2.05, 4.69) is 5.32 Å². The van der Waals surface area contributed by atoms with E-state index >= 15 is 0 Å². The van der Waals surface area contributed by atoms with Crippen LogP contribution in [-0.2, 0) is 11.2 Å². The Morgan fingerprint density at radius 1 is 1.10 bits per heavy atom. The van der Waals surface area contributed by atoms with Gasteiger partial charge in [-0.3, -0.25) is 9.59 Å². The molecule has 31 heavy (non-hydrogen) atoms. The molecular weight excluding hydrogens is 395 g/mol. The first-order valence-corrected chi connectivity index (χ1v) is 11.0. The maximum atomic E-state index is 13.9. The van der Waals surface area contributed by atoms with E-state index in [1.54, 1.807) is 18.2 Å². The van der Waals surface area contributed by atoms with Crippen molar-refractivity contribution in [3.05, 3.63) is 65.5 Å². The molecular formula is C25H31FN2O3. The van der Waals surface area contributed by atoms with Crippen LogP contribution in [0, 0.1) is 17.7 Å². The summed E-state index contributed by atoms with van der Waals surface area (Å²) in [5.74, 6) is -0.536. The van der Waals surface area contributed by atoms with Crippen molar-refractivity contribution in [3.63, 3.8) is 0 Å². The fraction of sp³-hybridized carbons (Fsp3) is 0.440. The van der Waals surface area contributed by atoms with Gasteiger partial charge in [-0.05, 0) is 67.3 Å². The van der Waals surface area contributed by atoms with E-state index in [9.17, 15) is 19.1 Å². The van der Waals surface area contributed by atoms with Crippen molar-refractivity contribution in [3.8, 4) is 5.75 Å². The molecule has 1 atom stereocenters. The molecule has 0 aromatic heterocycles. The lowest BCUT2D eigenvalue weighted by atomic mass is 9.90. The number of piperidine rings is 1. The predicted octanol–water partition coefficient (Wildman–Crippen LogP) is 4.16. The molecule has 2 aromatic rings. The first kappa shape index (κ1) is 22.8. The predicted molar refractivity (Wildman–Crippen MR) is 118 cm³/mol. The number of aromatic hydroxyl groups is 1. The third kappa shape index (κ3) is 6.06. The molecule has 1 aliphatic heterocycles. The average molecular weight is 427 g/mol. The van der Waals surface area contributed by atoms with E-state index in [-0.39, 0.29) is 23.1 Å². The lowest BCUT2D eigenvalue weighted by molar-refractivity contribution is -0.135. The van der Waals surface area contributed by atoms with Crippen LogP contribution in [0.2, 0.25) is 0 Å². The molecule has 166 valence electrons. The smallest absolute Gasteiger partial charge is 0.254 e. The van der Waals surface area contributed by atoms with Gasteiger partial charge in [0.05, 0.1) is 5.56 Å². The van der Waals surface area contributed by atoms with Crippen LogP contribution in [0.25, 0.3) is 0 Å². The van der Waals surface area contributed by atoms with E-state index in [0.717, 1.165) is 25.7 Å². The molecule has 0 spiro atoms. The van der Waals surface area contributed by atoms with Gasteiger partial charge in [0.2, 0.25) is 5.91 Å². The molecule has 1 saturated heterocycles. The second-order valence-electron chi connectivity index (χ2n) is 8.65. The number of aryl methyl sites for hydroxylation is 1. The maximum Gasteiger partial charge on any atom is 0.254 e. The van der Waals surface area contributed by atoms with Crippen molar-refractivity contribution in [2.75, 3.05) is 13.1 Å². The summed E-state index contributed by atoms with van der Waals surface area (Å²) in [7, 11) is 0. The molecule has 0 unspecified atom stereocenters. The second kappa shape index (κ2) is 10.4. The first-order valence-electron chi connectivity index (χ1n) is 11.0. The summed E-state index contributed by atoms with van der Waals surface area (Å²) in [6.07, 6.45) is 3.85. The highest BCUT2D eigenvalue weighted by Crippen LogP contribution is 2.24. The molecule has 2 N–H and O–H groups in total. The standard InChI is InChI=1S/C25H31FN2O3/c1-17(2)23(27-24(30)21-5-3-4-6-22(21)26)25(31)28-15-13-19(14-16-28)8-7-18-9-11-20(29)12-10-18/h3-6,9-12,17,19,23,29H,7-8,13-16H2,1-2H3,(H,27,30)/t23-/m0/s1. The van der Waals surface area contributed by atoms with E-state index in [1.807, 2.05) is 30.9 Å². The summed E-state index contributed by atoms with van der Waals surface area (Å²) in [5, 5.41) is 12.1. The van der Waals surface area contributed by atoms with E-state index in [4.69, 9.17) is 0 Å². The number of hydrogen-bond donors (Lipinski definition) is 2. The summed E-state index contributed by atoms with van der Waals surface area (Å²) in [5.41, 5.74) is 1.15. The third-order valence-corrected chi connectivity index (χ3v) is 6.04. The Labute approximate surface area is 183 Å². The van der Waals surface area contributed by atoms with Gasteiger partial charge >= 0.3 is 0 Å². The Morgan fingerprint density at radius 2 is 1.74 bits per heavy atom. The Balaban J connectivity index is 1.53. The summed E-state index contributed by atoms with van der Waals surface area (Å²) < 4.78 is 13.9. The Bertz CT molecular complexity index is 890. The number of rotatable bonds is 7. The number of hydrogen-bond acceptors (Lipinski definition) is 3. The largest absolute Gasteiger partial charge is 0.508 e. The minimum absolute atomic E-state index is 0.0473. The molecule has 0 radical (unpaired) electrons. The molecule has 6 heteroatoms. The summed E-state index contributed by atoms with van der Waals surface area (Å²) in [4.78, 5) is 27.4. The minimum Gasteiger partial charge on any atom is -0.508 e. The van der Waals surface area contributed by atoms with Crippen molar-refractivity contribution in [1.29, 1.82) is 0 Å². The molecule has 0 saturated carbocycles. The van der Waals surface area contributed by atoms with Gasteiger partial charge in [-0.2, -0.15) is 0 Å². The number of nitrogens with one attached hydrogen (secondary N) is 1. The molecule has 0 bridgehead atoms. The van der Waals surface area contributed by atoms with Gasteiger partial charge in [0.25, 0.3) is 5.91 Å². The number of phenolic OH excluding ortho intramolecular Hbond substituents is 1. The molecule has 1 fully saturated rings.